The second kappa shape index (κ2) is 6.21. The summed E-state index contributed by atoms with van der Waals surface area (Å²) in [6.07, 6.45) is 2.13. The molecule has 1 heterocycles. The lowest BCUT2D eigenvalue weighted by Crippen LogP contribution is -2.39. The van der Waals surface area contributed by atoms with Crippen molar-refractivity contribution in [2.24, 2.45) is 5.92 Å². The van der Waals surface area contributed by atoms with Crippen molar-refractivity contribution in [2.75, 3.05) is 13.1 Å². The maximum Gasteiger partial charge on any atom is 0.222 e. The lowest BCUT2D eigenvalue weighted by atomic mass is 9.88. The average Bonchev–Trinajstić information content (AvgIpc) is 2.48. The topological polar surface area (TPSA) is 37.4 Å². The van der Waals surface area contributed by atoms with Crippen molar-refractivity contribution < 1.29 is 9.59 Å². The maximum absolute atomic E-state index is 12.5. The van der Waals surface area contributed by atoms with Gasteiger partial charge in [0, 0.05) is 31.0 Å². The highest BCUT2D eigenvalue weighted by atomic mass is 16.2. The Morgan fingerprint density at radius 1 is 1.15 bits per heavy atom. The zero-order valence-corrected chi connectivity index (χ0v) is 12.6. The highest BCUT2D eigenvalue weighted by molar-refractivity contribution is 5.98. The largest absolute Gasteiger partial charge is 0.343 e. The zero-order chi connectivity index (χ0) is 14.7. The summed E-state index contributed by atoms with van der Waals surface area (Å²) in [7, 11) is 0. The number of piperidine rings is 1. The van der Waals surface area contributed by atoms with Crippen LogP contribution >= 0.6 is 0 Å². The molecule has 0 bridgehead atoms. The Morgan fingerprint density at radius 3 is 2.35 bits per heavy atom. The monoisotopic (exact) mass is 273 g/mol. The number of carbonyl (C=O) groups is 2. The van der Waals surface area contributed by atoms with Gasteiger partial charge in [-0.3, -0.25) is 9.59 Å². The van der Waals surface area contributed by atoms with Crippen molar-refractivity contribution in [3.63, 3.8) is 0 Å². The first-order chi connectivity index (χ1) is 9.52. The van der Waals surface area contributed by atoms with Crippen LogP contribution in [0.15, 0.2) is 18.2 Å². The summed E-state index contributed by atoms with van der Waals surface area (Å²) in [5, 5.41) is 0. The van der Waals surface area contributed by atoms with Crippen molar-refractivity contribution in [2.45, 2.75) is 40.0 Å². The Kier molecular flexibility index (Phi) is 4.58. The van der Waals surface area contributed by atoms with Crippen molar-refractivity contribution in [3.8, 4) is 0 Å². The van der Waals surface area contributed by atoms with Crippen LogP contribution in [0.2, 0.25) is 0 Å². The Morgan fingerprint density at radius 2 is 1.80 bits per heavy atom. The number of hydrogen-bond donors (Lipinski definition) is 0. The van der Waals surface area contributed by atoms with Gasteiger partial charge in [-0.1, -0.05) is 19.1 Å². The molecule has 108 valence electrons. The second-order valence-electron chi connectivity index (χ2n) is 5.67. The summed E-state index contributed by atoms with van der Waals surface area (Å²) < 4.78 is 0. The fourth-order valence-corrected chi connectivity index (χ4v) is 2.75. The van der Waals surface area contributed by atoms with Gasteiger partial charge in [-0.15, -0.1) is 0 Å². The van der Waals surface area contributed by atoms with Crippen LogP contribution in [0, 0.1) is 19.8 Å². The number of carbonyl (C=O) groups excluding carboxylic acids is 2. The summed E-state index contributed by atoms with van der Waals surface area (Å²) in [6.45, 7) is 7.41. The maximum atomic E-state index is 12.5. The van der Waals surface area contributed by atoms with Crippen molar-refractivity contribution in [1.82, 2.24) is 4.90 Å². The third kappa shape index (κ3) is 3.09. The minimum atomic E-state index is 0.0676. The van der Waals surface area contributed by atoms with E-state index in [-0.39, 0.29) is 17.6 Å². The molecule has 2 rings (SSSR count). The number of likely N-dealkylation sites (tertiary alicyclic amines) is 1. The molecule has 1 aromatic rings. The normalized spacial score (nSPS) is 16.2. The van der Waals surface area contributed by atoms with Crippen molar-refractivity contribution in [3.05, 3.63) is 34.9 Å². The van der Waals surface area contributed by atoms with E-state index in [9.17, 15) is 9.59 Å². The average molecular weight is 273 g/mol. The van der Waals surface area contributed by atoms with Crippen LogP contribution in [0.1, 0.15) is 47.7 Å². The van der Waals surface area contributed by atoms with Gasteiger partial charge in [0.1, 0.15) is 0 Å². The van der Waals surface area contributed by atoms with Crippen LogP contribution in [-0.4, -0.2) is 29.7 Å². The number of amides is 1. The number of rotatable bonds is 3. The Labute approximate surface area is 121 Å². The standard InChI is InChI=1S/C17H23NO2/c1-4-16(19)18-9-7-14(8-10-18)17(20)15-6-5-12(2)13(3)11-15/h5-6,11,14H,4,7-10H2,1-3H3. The van der Waals surface area contributed by atoms with Gasteiger partial charge in [-0.05, 0) is 43.9 Å². The molecule has 0 radical (unpaired) electrons. The van der Waals surface area contributed by atoms with Gasteiger partial charge in [0.05, 0.1) is 0 Å². The Bertz CT molecular complexity index is 514. The molecular formula is C17H23NO2. The predicted molar refractivity (Wildman–Crippen MR) is 79.8 cm³/mol. The lowest BCUT2D eigenvalue weighted by molar-refractivity contribution is -0.132. The first-order valence-electron chi connectivity index (χ1n) is 7.42. The van der Waals surface area contributed by atoms with Crippen LogP contribution in [-0.2, 0) is 4.79 Å². The van der Waals surface area contributed by atoms with Gasteiger partial charge >= 0.3 is 0 Å². The van der Waals surface area contributed by atoms with E-state index in [4.69, 9.17) is 0 Å². The fourth-order valence-electron chi connectivity index (χ4n) is 2.75. The molecule has 20 heavy (non-hydrogen) atoms. The van der Waals surface area contributed by atoms with Crippen LogP contribution in [0.5, 0.6) is 0 Å². The van der Waals surface area contributed by atoms with E-state index in [1.54, 1.807) is 0 Å². The van der Waals surface area contributed by atoms with E-state index >= 15 is 0 Å². The van der Waals surface area contributed by atoms with E-state index in [2.05, 4.69) is 6.92 Å². The molecule has 0 N–H and O–H groups in total. The van der Waals surface area contributed by atoms with E-state index in [0.29, 0.717) is 19.5 Å². The third-order valence-corrected chi connectivity index (χ3v) is 4.31. The van der Waals surface area contributed by atoms with Crippen LogP contribution < -0.4 is 0 Å². The molecule has 1 amide bonds. The Balaban J connectivity index is 2.01. The first-order valence-corrected chi connectivity index (χ1v) is 7.42. The predicted octanol–water partition coefficient (Wildman–Crippen LogP) is 3.13. The van der Waals surface area contributed by atoms with Crippen LogP contribution in [0.25, 0.3) is 0 Å². The zero-order valence-electron chi connectivity index (χ0n) is 12.6. The van der Waals surface area contributed by atoms with Gasteiger partial charge in [-0.25, -0.2) is 0 Å². The molecule has 3 heteroatoms. The number of benzene rings is 1. The SMILES string of the molecule is CCC(=O)N1CCC(C(=O)c2ccc(C)c(C)c2)CC1. The number of ketones is 1. The molecule has 0 spiro atoms. The summed E-state index contributed by atoms with van der Waals surface area (Å²) in [4.78, 5) is 26.0. The van der Waals surface area contributed by atoms with Gasteiger partial charge in [0.2, 0.25) is 5.91 Å². The molecule has 0 unspecified atom stereocenters. The van der Waals surface area contributed by atoms with Gasteiger partial charge in [-0.2, -0.15) is 0 Å². The summed E-state index contributed by atoms with van der Waals surface area (Å²) in [6, 6.07) is 5.92. The molecule has 1 saturated heterocycles. The summed E-state index contributed by atoms with van der Waals surface area (Å²) in [5.41, 5.74) is 3.19. The second-order valence-corrected chi connectivity index (χ2v) is 5.67. The fraction of sp³-hybridized carbons (Fsp3) is 0.529. The summed E-state index contributed by atoms with van der Waals surface area (Å²) in [5.74, 6) is 0.497. The van der Waals surface area contributed by atoms with E-state index in [1.165, 1.54) is 5.56 Å². The molecule has 0 aromatic heterocycles. The molecular weight excluding hydrogens is 250 g/mol. The highest BCUT2D eigenvalue weighted by Gasteiger charge is 2.27. The molecule has 1 aromatic carbocycles. The molecule has 3 nitrogen and oxygen atoms in total. The highest BCUT2D eigenvalue weighted by Crippen LogP contribution is 2.23. The molecule has 1 aliphatic rings. The molecule has 1 aliphatic heterocycles. The third-order valence-electron chi connectivity index (χ3n) is 4.31. The number of hydrogen-bond acceptors (Lipinski definition) is 2. The minimum Gasteiger partial charge on any atom is -0.343 e. The van der Waals surface area contributed by atoms with E-state index in [1.807, 2.05) is 36.9 Å². The molecule has 0 saturated carbocycles. The first kappa shape index (κ1) is 14.8. The van der Waals surface area contributed by atoms with E-state index in [0.717, 1.165) is 24.0 Å². The van der Waals surface area contributed by atoms with Crippen LogP contribution in [0.4, 0.5) is 0 Å². The number of aryl methyl sites for hydroxylation is 2. The smallest absolute Gasteiger partial charge is 0.222 e. The minimum absolute atomic E-state index is 0.0676. The van der Waals surface area contributed by atoms with Gasteiger partial charge in [0.25, 0.3) is 0 Å². The van der Waals surface area contributed by atoms with Crippen LogP contribution in [0.3, 0.4) is 0 Å². The summed E-state index contributed by atoms with van der Waals surface area (Å²) >= 11 is 0. The quantitative estimate of drug-likeness (QED) is 0.793. The molecule has 0 aliphatic carbocycles. The lowest BCUT2D eigenvalue weighted by Gasteiger charge is -2.31. The van der Waals surface area contributed by atoms with Gasteiger partial charge in [0.15, 0.2) is 5.78 Å². The number of nitrogens with zero attached hydrogens (tertiary/aromatic N) is 1. The number of Topliss-reactive ketones (excluding diaryl/α,β-unsaturated/α-hetero) is 1. The van der Waals surface area contributed by atoms with Crippen molar-refractivity contribution >= 4 is 11.7 Å². The van der Waals surface area contributed by atoms with E-state index < -0.39 is 0 Å². The molecule has 0 atom stereocenters. The van der Waals surface area contributed by atoms with Gasteiger partial charge < -0.3 is 4.90 Å². The molecule has 1 fully saturated rings. The van der Waals surface area contributed by atoms with Crippen molar-refractivity contribution in [1.29, 1.82) is 0 Å². The Hall–Kier alpha value is -1.64.